The molecule has 122 valence electrons. The molecule has 1 aromatic carbocycles. The van der Waals surface area contributed by atoms with E-state index in [4.69, 9.17) is 20.9 Å². The molecule has 3 rings (SSSR count). The Morgan fingerprint density at radius 1 is 1.43 bits per heavy atom. The van der Waals surface area contributed by atoms with Gasteiger partial charge in [0.1, 0.15) is 11.5 Å². The molecule has 0 saturated heterocycles. The number of fused-ring (bicyclic) bond motifs is 1. The zero-order chi connectivity index (χ0) is 16.6. The summed E-state index contributed by atoms with van der Waals surface area (Å²) >= 11 is 6.11. The molecule has 2 aromatic rings. The van der Waals surface area contributed by atoms with Crippen molar-refractivity contribution in [2.75, 3.05) is 19.0 Å². The molecule has 2 heterocycles. The summed E-state index contributed by atoms with van der Waals surface area (Å²) in [6, 6.07) is 3.32. The summed E-state index contributed by atoms with van der Waals surface area (Å²) < 4.78 is 10.7. The van der Waals surface area contributed by atoms with E-state index in [0.29, 0.717) is 35.4 Å². The molecule has 1 N–H and O–H groups in total. The van der Waals surface area contributed by atoms with Gasteiger partial charge in [0.05, 0.1) is 24.5 Å². The van der Waals surface area contributed by atoms with E-state index in [9.17, 15) is 4.79 Å². The first-order chi connectivity index (χ1) is 11.0. The standard InChI is InChI=1S/C16H18ClN3O3/c1-9-13(10(2)23-19-9)8-20(3)16(21)18-14-7-12(17)6-11-4-5-22-15(11)14/h6-7H,4-5,8H2,1-3H3,(H,18,21). The van der Waals surface area contributed by atoms with Crippen molar-refractivity contribution in [2.45, 2.75) is 26.8 Å². The van der Waals surface area contributed by atoms with Crippen LogP contribution in [0.25, 0.3) is 0 Å². The van der Waals surface area contributed by atoms with Crippen LogP contribution in [0.5, 0.6) is 5.75 Å². The smallest absolute Gasteiger partial charge is 0.321 e. The third-order valence-corrected chi connectivity index (χ3v) is 4.13. The zero-order valence-electron chi connectivity index (χ0n) is 13.3. The van der Waals surface area contributed by atoms with Crippen molar-refractivity contribution in [1.29, 1.82) is 0 Å². The number of halogens is 1. The Morgan fingerprint density at radius 2 is 2.22 bits per heavy atom. The van der Waals surface area contributed by atoms with Crippen LogP contribution in [0.3, 0.4) is 0 Å². The maximum atomic E-state index is 12.4. The van der Waals surface area contributed by atoms with E-state index in [-0.39, 0.29) is 6.03 Å². The summed E-state index contributed by atoms with van der Waals surface area (Å²) in [5.41, 5.74) is 3.31. The highest BCUT2D eigenvalue weighted by atomic mass is 35.5. The molecular weight excluding hydrogens is 318 g/mol. The number of nitrogens with zero attached hydrogens (tertiary/aromatic N) is 2. The van der Waals surface area contributed by atoms with Crippen LogP contribution in [0.2, 0.25) is 5.02 Å². The molecule has 0 spiro atoms. The number of carbonyl (C=O) groups is 1. The number of aryl methyl sites for hydroxylation is 2. The van der Waals surface area contributed by atoms with Crippen LogP contribution in [-0.2, 0) is 13.0 Å². The van der Waals surface area contributed by atoms with E-state index in [0.717, 1.165) is 23.2 Å². The average Bonchev–Trinajstić information content (AvgIpc) is 3.08. The lowest BCUT2D eigenvalue weighted by Crippen LogP contribution is -2.31. The van der Waals surface area contributed by atoms with E-state index in [2.05, 4.69) is 10.5 Å². The predicted octanol–water partition coefficient (Wildman–Crippen LogP) is 3.54. The van der Waals surface area contributed by atoms with Crippen LogP contribution in [0.1, 0.15) is 22.6 Å². The van der Waals surface area contributed by atoms with E-state index in [1.807, 2.05) is 19.9 Å². The van der Waals surface area contributed by atoms with E-state index in [1.54, 1.807) is 18.0 Å². The normalized spacial score (nSPS) is 12.7. The van der Waals surface area contributed by atoms with E-state index < -0.39 is 0 Å². The third kappa shape index (κ3) is 3.12. The first kappa shape index (κ1) is 15.7. The number of nitrogens with one attached hydrogen (secondary N) is 1. The molecule has 6 nitrogen and oxygen atoms in total. The van der Waals surface area contributed by atoms with Crippen molar-refractivity contribution in [3.8, 4) is 5.75 Å². The fourth-order valence-corrected chi connectivity index (χ4v) is 2.85. The highest BCUT2D eigenvalue weighted by Crippen LogP contribution is 2.36. The molecular formula is C16H18ClN3O3. The van der Waals surface area contributed by atoms with Crippen molar-refractivity contribution in [1.82, 2.24) is 10.1 Å². The van der Waals surface area contributed by atoms with Gasteiger partial charge in [0.2, 0.25) is 0 Å². The predicted molar refractivity (Wildman–Crippen MR) is 87.1 cm³/mol. The van der Waals surface area contributed by atoms with Crippen molar-refractivity contribution < 1.29 is 14.1 Å². The molecule has 0 bridgehead atoms. The lowest BCUT2D eigenvalue weighted by Gasteiger charge is -2.19. The maximum absolute atomic E-state index is 12.4. The number of ether oxygens (including phenoxy) is 1. The van der Waals surface area contributed by atoms with Crippen LogP contribution in [0.4, 0.5) is 10.5 Å². The van der Waals surface area contributed by atoms with E-state index in [1.165, 1.54) is 0 Å². The van der Waals surface area contributed by atoms with Gasteiger partial charge >= 0.3 is 6.03 Å². The van der Waals surface area contributed by atoms with Crippen molar-refractivity contribution >= 4 is 23.3 Å². The van der Waals surface area contributed by atoms with Crippen LogP contribution in [0.15, 0.2) is 16.7 Å². The first-order valence-corrected chi connectivity index (χ1v) is 7.72. The Balaban J connectivity index is 1.75. The second kappa shape index (κ2) is 6.12. The number of hydrogen-bond acceptors (Lipinski definition) is 4. The van der Waals surface area contributed by atoms with Crippen LogP contribution < -0.4 is 10.1 Å². The molecule has 1 aromatic heterocycles. The quantitative estimate of drug-likeness (QED) is 0.931. The van der Waals surface area contributed by atoms with Crippen LogP contribution >= 0.6 is 11.6 Å². The van der Waals surface area contributed by atoms with Crippen molar-refractivity contribution in [2.24, 2.45) is 0 Å². The molecule has 0 saturated carbocycles. The highest BCUT2D eigenvalue weighted by molar-refractivity contribution is 6.31. The van der Waals surface area contributed by atoms with Crippen LogP contribution in [0, 0.1) is 13.8 Å². The Bertz CT molecular complexity index is 738. The molecule has 2 amide bonds. The highest BCUT2D eigenvalue weighted by Gasteiger charge is 2.21. The molecule has 0 unspecified atom stereocenters. The molecule has 1 aliphatic heterocycles. The van der Waals surface area contributed by atoms with Gasteiger partial charge in [-0.15, -0.1) is 0 Å². The minimum atomic E-state index is -0.245. The van der Waals surface area contributed by atoms with Gasteiger partial charge in [-0.2, -0.15) is 0 Å². The zero-order valence-corrected chi connectivity index (χ0v) is 14.0. The number of anilines is 1. The fraction of sp³-hybridized carbons (Fsp3) is 0.375. The van der Waals surface area contributed by atoms with Gasteiger partial charge in [-0.25, -0.2) is 4.79 Å². The number of urea groups is 1. The number of aromatic nitrogens is 1. The van der Waals surface area contributed by atoms with Gasteiger partial charge in [-0.05, 0) is 26.0 Å². The fourth-order valence-electron chi connectivity index (χ4n) is 2.61. The largest absolute Gasteiger partial charge is 0.491 e. The van der Waals surface area contributed by atoms with Gasteiger partial charge in [0.25, 0.3) is 0 Å². The summed E-state index contributed by atoms with van der Waals surface area (Å²) in [7, 11) is 1.72. The van der Waals surface area contributed by atoms with Gasteiger partial charge in [0, 0.05) is 29.6 Å². The SMILES string of the molecule is Cc1noc(C)c1CN(C)C(=O)Nc1cc(Cl)cc2c1OCC2. The Kier molecular flexibility index (Phi) is 4.17. The maximum Gasteiger partial charge on any atom is 0.321 e. The summed E-state index contributed by atoms with van der Waals surface area (Å²) in [5, 5.41) is 7.34. The number of carbonyl (C=O) groups excluding carboxylic acids is 1. The summed E-state index contributed by atoms with van der Waals surface area (Å²) in [6.07, 6.45) is 0.799. The second-order valence-corrected chi connectivity index (χ2v) is 6.07. The topological polar surface area (TPSA) is 67.6 Å². The lowest BCUT2D eigenvalue weighted by atomic mass is 10.1. The van der Waals surface area contributed by atoms with E-state index >= 15 is 0 Å². The first-order valence-electron chi connectivity index (χ1n) is 7.35. The second-order valence-electron chi connectivity index (χ2n) is 5.63. The molecule has 7 heteroatoms. The number of hydrogen-bond donors (Lipinski definition) is 1. The Morgan fingerprint density at radius 3 is 2.91 bits per heavy atom. The Labute approximate surface area is 139 Å². The Hall–Kier alpha value is -2.21. The molecule has 0 fully saturated rings. The number of benzene rings is 1. The van der Waals surface area contributed by atoms with Gasteiger partial charge in [0.15, 0.2) is 0 Å². The minimum Gasteiger partial charge on any atom is -0.491 e. The van der Waals surface area contributed by atoms with Crippen LogP contribution in [-0.4, -0.2) is 29.7 Å². The van der Waals surface area contributed by atoms with Gasteiger partial charge in [-0.3, -0.25) is 0 Å². The summed E-state index contributed by atoms with van der Waals surface area (Å²) in [6.45, 7) is 4.71. The average molecular weight is 336 g/mol. The number of amides is 2. The summed E-state index contributed by atoms with van der Waals surface area (Å²) in [5.74, 6) is 1.42. The monoisotopic (exact) mass is 335 g/mol. The molecule has 0 radical (unpaired) electrons. The van der Waals surface area contributed by atoms with Crippen molar-refractivity contribution in [3.63, 3.8) is 0 Å². The molecule has 0 aliphatic carbocycles. The summed E-state index contributed by atoms with van der Waals surface area (Å²) in [4.78, 5) is 14.0. The molecule has 0 atom stereocenters. The van der Waals surface area contributed by atoms with Gasteiger partial charge in [-0.1, -0.05) is 16.8 Å². The third-order valence-electron chi connectivity index (χ3n) is 3.91. The van der Waals surface area contributed by atoms with Gasteiger partial charge < -0.3 is 19.5 Å². The number of rotatable bonds is 3. The van der Waals surface area contributed by atoms with Crippen molar-refractivity contribution in [3.05, 3.63) is 39.7 Å². The minimum absolute atomic E-state index is 0.245. The lowest BCUT2D eigenvalue weighted by molar-refractivity contribution is 0.220. The molecule has 1 aliphatic rings. The molecule has 23 heavy (non-hydrogen) atoms.